The van der Waals surface area contributed by atoms with Gasteiger partial charge in [-0.15, -0.1) is 0 Å². The molecular weight excluding hydrogens is 262 g/mol. The van der Waals surface area contributed by atoms with Crippen LogP contribution in [0.2, 0.25) is 0 Å². The smallest absolute Gasteiger partial charge is 0.292 e. The van der Waals surface area contributed by atoms with Gasteiger partial charge in [-0.3, -0.25) is 14.9 Å². The molecule has 0 bridgehead atoms. The fourth-order valence-corrected chi connectivity index (χ4v) is 1.90. The van der Waals surface area contributed by atoms with Gasteiger partial charge in [-0.1, -0.05) is 6.07 Å². The molecule has 7 heteroatoms. The molecule has 0 aromatic heterocycles. The lowest BCUT2D eigenvalue weighted by atomic mass is 10.1. The van der Waals surface area contributed by atoms with E-state index in [2.05, 4.69) is 0 Å². The molecule has 0 heterocycles. The summed E-state index contributed by atoms with van der Waals surface area (Å²) >= 11 is 0. The van der Waals surface area contributed by atoms with Gasteiger partial charge in [-0.2, -0.15) is 0 Å². The van der Waals surface area contributed by atoms with Gasteiger partial charge in [0.1, 0.15) is 5.69 Å². The van der Waals surface area contributed by atoms with Gasteiger partial charge in [0.25, 0.3) is 5.69 Å². The molecule has 0 unspecified atom stereocenters. The van der Waals surface area contributed by atoms with Crippen LogP contribution >= 0.6 is 0 Å². The number of anilines is 1. The van der Waals surface area contributed by atoms with Crippen LogP contribution in [0.1, 0.15) is 32.4 Å². The molecule has 0 fully saturated rings. The number of nitro benzene ring substituents is 1. The minimum absolute atomic E-state index is 0.105. The number of nitrogens with zero attached hydrogens (tertiary/aromatic N) is 2. The van der Waals surface area contributed by atoms with E-state index in [-0.39, 0.29) is 18.3 Å². The van der Waals surface area contributed by atoms with Gasteiger partial charge in [0.15, 0.2) is 0 Å². The standard InChI is InChI=1S/C13H19N3O4/c1-8(2)15(7-13(14)18)11-5-4-10(9(3)17)6-12(11)16(19)20/h4-6,8-9,17H,7H2,1-3H3,(H2,14,18)/t9-/m1/s1. The molecule has 1 aromatic rings. The molecule has 0 radical (unpaired) electrons. The van der Waals surface area contributed by atoms with E-state index in [0.717, 1.165) is 0 Å². The summed E-state index contributed by atoms with van der Waals surface area (Å²) < 4.78 is 0. The van der Waals surface area contributed by atoms with Crippen LogP contribution in [-0.4, -0.2) is 28.5 Å². The molecule has 0 aliphatic carbocycles. The quantitative estimate of drug-likeness (QED) is 0.604. The van der Waals surface area contributed by atoms with Crippen LogP contribution in [0.4, 0.5) is 11.4 Å². The number of primary amides is 1. The van der Waals surface area contributed by atoms with Crippen LogP contribution in [0.3, 0.4) is 0 Å². The van der Waals surface area contributed by atoms with Crippen molar-refractivity contribution in [3.63, 3.8) is 0 Å². The summed E-state index contributed by atoms with van der Waals surface area (Å²) in [6, 6.07) is 4.32. The van der Waals surface area contributed by atoms with Crippen molar-refractivity contribution in [1.82, 2.24) is 0 Å². The van der Waals surface area contributed by atoms with E-state index in [1.807, 2.05) is 13.8 Å². The topological polar surface area (TPSA) is 110 Å². The maximum Gasteiger partial charge on any atom is 0.292 e. The summed E-state index contributed by atoms with van der Waals surface area (Å²) in [6.07, 6.45) is -0.800. The number of aliphatic hydroxyl groups excluding tert-OH is 1. The number of amides is 1. The molecule has 7 nitrogen and oxygen atoms in total. The number of benzene rings is 1. The molecule has 0 aliphatic rings. The van der Waals surface area contributed by atoms with Gasteiger partial charge in [0.2, 0.25) is 5.91 Å². The van der Waals surface area contributed by atoms with Crippen molar-refractivity contribution >= 4 is 17.3 Å². The second-order valence-electron chi connectivity index (χ2n) is 4.87. The Morgan fingerprint density at radius 3 is 2.45 bits per heavy atom. The number of carbonyl (C=O) groups is 1. The maximum absolute atomic E-state index is 11.2. The Morgan fingerprint density at radius 2 is 2.05 bits per heavy atom. The molecule has 0 saturated carbocycles. The van der Waals surface area contributed by atoms with Crippen LogP contribution in [0.25, 0.3) is 0 Å². The van der Waals surface area contributed by atoms with Crippen LogP contribution in [0.5, 0.6) is 0 Å². The van der Waals surface area contributed by atoms with Crippen LogP contribution in [0.15, 0.2) is 18.2 Å². The number of nitrogens with two attached hydrogens (primary N) is 1. The average molecular weight is 281 g/mol. The van der Waals surface area contributed by atoms with Crippen LogP contribution < -0.4 is 10.6 Å². The Kier molecular flexibility index (Phi) is 5.04. The molecule has 0 spiro atoms. The lowest BCUT2D eigenvalue weighted by molar-refractivity contribution is -0.384. The van der Waals surface area contributed by atoms with Gasteiger partial charge in [0.05, 0.1) is 17.6 Å². The van der Waals surface area contributed by atoms with Crippen molar-refractivity contribution in [2.24, 2.45) is 5.73 Å². The monoisotopic (exact) mass is 281 g/mol. The summed E-state index contributed by atoms with van der Waals surface area (Å²) in [6.45, 7) is 5.05. The SMILES string of the molecule is CC(C)N(CC(N)=O)c1ccc([C@@H](C)O)cc1[N+](=O)[O-]. The molecular formula is C13H19N3O4. The maximum atomic E-state index is 11.2. The Bertz CT molecular complexity index is 514. The fraction of sp³-hybridized carbons (Fsp3) is 0.462. The predicted octanol–water partition coefficient (Wildman–Crippen LogP) is 1.35. The van der Waals surface area contributed by atoms with Crippen molar-refractivity contribution in [3.8, 4) is 0 Å². The average Bonchev–Trinajstić information content (AvgIpc) is 2.34. The molecule has 1 atom stereocenters. The number of rotatable bonds is 6. The zero-order valence-corrected chi connectivity index (χ0v) is 11.7. The number of hydrogen-bond acceptors (Lipinski definition) is 5. The molecule has 1 amide bonds. The van der Waals surface area contributed by atoms with E-state index in [4.69, 9.17) is 5.73 Å². The number of nitro groups is 1. The van der Waals surface area contributed by atoms with E-state index in [0.29, 0.717) is 11.3 Å². The van der Waals surface area contributed by atoms with E-state index < -0.39 is 16.9 Å². The summed E-state index contributed by atoms with van der Waals surface area (Å²) in [4.78, 5) is 23.3. The molecule has 1 rings (SSSR count). The summed E-state index contributed by atoms with van der Waals surface area (Å²) in [5.74, 6) is -0.562. The Hall–Kier alpha value is -2.15. The van der Waals surface area contributed by atoms with E-state index in [1.165, 1.54) is 19.1 Å². The second-order valence-corrected chi connectivity index (χ2v) is 4.87. The summed E-state index contributed by atoms with van der Waals surface area (Å²) in [7, 11) is 0. The highest BCUT2D eigenvalue weighted by atomic mass is 16.6. The van der Waals surface area contributed by atoms with Crippen molar-refractivity contribution in [1.29, 1.82) is 0 Å². The molecule has 110 valence electrons. The normalized spacial score (nSPS) is 12.2. The molecule has 20 heavy (non-hydrogen) atoms. The van der Waals surface area contributed by atoms with Gasteiger partial charge in [-0.05, 0) is 32.4 Å². The lowest BCUT2D eigenvalue weighted by Gasteiger charge is -2.27. The van der Waals surface area contributed by atoms with Crippen LogP contribution in [0, 0.1) is 10.1 Å². The van der Waals surface area contributed by atoms with E-state index in [9.17, 15) is 20.0 Å². The van der Waals surface area contributed by atoms with Crippen LogP contribution in [-0.2, 0) is 4.79 Å². The molecule has 3 N–H and O–H groups in total. The molecule has 0 saturated heterocycles. The Labute approximate surface area is 117 Å². The third-order valence-electron chi connectivity index (χ3n) is 2.94. The van der Waals surface area contributed by atoms with Crippen molar-refractivity contribution < 1.29 is 14.8 Å². The number of aliphatic hydroxyl groups is 1. The largest absolute Gasteiger partial charge is 0.389 e. The third kappa shape index (κ3) is 3.67. The van der Waals surface area contributed by atoms with Gasteiger partial charge in [0, 0.05) is 12.1 Å². The first-order valence-electron chi connectivity index (χ1n) is 6.25. The second kappa shape index (κ2) is 6.33. The Balaban J connectivity index is 3.33. The zero-order chi connectivity index (χ0) is 15.4. The first kappa shape index (κ1) is 15.9. The van der Waals surface area contributed by atoms with E-state index >= 15 is 0 Å². The predicted molar refractivity (Wildman–Crippen MR) is 75.4 cm³/mol. The third-order valence-corrected chi connectivity index (χ3v) is 2.94. The minimum Gasteiger partial charge on any atom is -0.389 e. The fourth-order valence-electron chi connectivity index (χ4n) is 1.90. The Morgan fingerprint density at radius 1 is 1.45 bits per heavy atom. The highest BCUT2D eigenvalue weighted by Gasteiger charge is 2.23. The minimum atomic E-state index is -0.800. The number of hydrogen-bond donors (Lipinski definition) is 2. The first-order chi connectivity index (χ1) is 9.23. The van der Waals surface area contributed by atoms with Gasteiger partial charge >= 0.3 is 0 Å². The zero-order valence-electron chi connectivity index (χ0n) is 11.7. The highest BCUT2D eigenvalue weighted by Crippen LogP contribution is 2.32. The first-order valence-corrected chi connectivity index (χ1v) is 6.25. The van der Waals surface area contributed by atoms with Crippen molar-refractivity contribution in [3.05, 3.63) is 33.9 Å². The summed E-state index contributed by atoms with van der Waals surface area (Å²) in [5, 5.41) is 20.7. The number of carbonyl (C=O) groups excluding carboxylic acids is 1. The highest BCUT2D eigenvalue weighted by molar-refractivity contribution is 5.81. The molecule has 0 aliphatic heterocycles. The van der Waals surface area contributed by atoms with Gasteiger partial charge < -0.3 is 15.7 Å². The van der Waals surface area contributed by atoms with E-state index in [1.54, 1.807) is 11.0 Å². The molecule has 1 aromatic carbocycles. The lowest BCUT2D eigenvalue weighted by Crippen LogP contribution is -2.39. The van der Waals surface area contributed by atoms with Crippen molar-refractivity contribution in [2.75, 3.05) is 11.4 Å². The van der Waals surface area contributed by atoms with Gasteiger partial charge in [-0.25, -0.2) is 0 Å². The summed E-state index contributed by atoms with van der Waals surface area (Å²) in [5.41, 5.74) is 5.79. The van der Waals surface area contributed by atoms with Crippen molar-refractivity contribution in [2.45, 2.75) is 32.9 Å².